The first-order valence-electron chi connectivity index (χ1n) is 7.93. The summed E-state index contributed by atoms with van der Waals surface area (Å²) in [5.74, 6) is 1.32. The number of para-hydroxylation sites is 1. The molecule has 0 saturated carbocycles. The highest BCUT2D eigenvalue weighted by Crippen LogP contribution is 2.40. The van der Waals surface area contributed by atoms with Crippen LogP contribution in [-0.2, 0) is 4.79 Å². The van der Waals surface area contributed by atoms with Gasteiger partial charge < -0.3 is 10.1 Å². The molecule has 126 valence electrons. The number of hydrogen-bond acceptors (Lipinski definition) is 3. The summed E-state index contributed by atoms with van der Waals surface area (Å²) >= 11 is 3.49. The Morgan fingerprint density at radius 2 is 2.08 bits per heavy atom. The Kier molecular flexibility index (Phi) is 4.05. The number of anilines is 1. The quantitative estimate of drug-likeness (QED) is 0.722. The van der Waals surface area contributed by atoms with Crippen molar-refractivity contribution in [1.29, 1.82) is 0 Å². The van der Waals surface area contributed by atoms with Crippen molar-refractivity contribution in [2.24, 2.45) is 0 Å². The van der Waals surface area contributed by atoms with E-state index in [4.69, 9.17) is 4.74 Å². The standard InChI is InChI=1S/C19H16BrN3O2/c1-25-16-8-3-2-7-14(16)15-10-17(24)22-19-18(15)21-11-23(19)13-6-4-5-12(20)9-13/h2-9,11,15H,10H2,1H3,(H,22,24)/t15-/m1/s1. The molecule has 25 heavy (non-hydrogen) atoms. The lowest BCUT2D eigenvalue weighted by molar-refractivity contribution is -0.116. The van der Waals surface area contributed by atoms with Crippen LogP contribution in [-0.4, -0.2) is 22.6 Å². The maximum atomic E-state index is 12.4. The molecule has 1 amide bonds. The second-order valence-electron chi connectivity index (χ2n) is 5.88. The van der Waals surface area contributed by atoms with Crippen molar-refractivity contribution in [3.05, 3.63) is 70.6 Å². The predicted octanol–water partition coefficient (Wildman–Crippen LogP) is 4.12. The summed E-state index contributed by atoms with van der Waals surface area (Å²) < 4.78 is 8.35. The van der Waals surface area contributed by atoms with Crippen LogP contribution in [0.1, 0.15) is 23.6 Å². The number of aromatic nitrogens is 2. The number of rotatable bonds is 3. The van der Waals surface area contributed by atoms with Crippen molar-refractivity contribution < 1.29 is 9.53 Å². The fourth-order valence-corrected chi connectivity index (χ4v) is 3.63. The van der Waals surface area contributed by atoms with Crippen molar-refractivity contribution in [3.8, 4) is 11.4 Å². The van der Waals surface area contributed by atoms with Crippen LogP contribution in [0.5, 0.6) is 5.75 Å². The molecule has 0 radical (unpaired) electrons. The smallest absolute Gasteiger partial charge is 0.226 e. The SMILES string of the molecule is COc1ccccc1[C@H]1CC(=O)Nc2c1ncn2-c1cccc(Br)c1. The molecule has 0 saturated heterocycles. The zero-order chi connectivity index (χ0) is 17.4. The molecule has 1 aromatic heterocycles. The summed E-state index contributed by atoms with van der Waals surface area (Å²) in [6, 6.07) is 15.7. The fraction of sp³-hybridized carbons (Fsp3) is 0.158. The highest BCUT2D eigenvalue weighted by molar-refractivity contribution is 9.10. The van der Waals surface area contributed by atoms with Crippen LogP contribution >= 0.6 is 15.9 Å². The Hall–Kier alpha value is -2.60. The molecule has 2 aromatic carbocycles. The number of hydrogen-bond donors (Lipinski definition) is 1. The van der Waals surface area contributed by atoms with Crippen LogP contribution in [0.15, 0.2) is 59.3 Å². The first-order valence-corrected chi connectivity index (χ1v) is 8.72. The van der Waals surface area contributed by atoms with Crippen LogP contribution in [0.3, 0.4) is 0 Å². The van der Waals surface area contributed by atoms with Gasteiger partial charge in [0, 0.05) is 28.1 Å². The zero-order valence-electron chi connectivity index (χ0n) is 13.6. The van der Waals surface area contributed by atoms with E-state index in [1.165, 1.54) is 0 Å². The lowest BCUT2D eigenvalue weighted by atomic mass is 9.89. The number of carbonyl (C=O) groups is 1. The van der Waals surface area contributed by atoms with Gasteiger partial charge in [0.2, 0.25) is 5.91 Å². The number of carbonyl (C=O) groups excluding carboxylic acids is 1. The summed E-state index contributed by atoms with van der Waals surface area (Å²) in [5.41, 5.74) is 2.76. The van der Waals surface area contributed by atoms with E-state index in [1.807, 2.05) is 53.1 Å². The molecule has 0 aliphatic carbocycles. The lowest BCUT2D eigenvalue weighted by Crippen LogP contribution is -2.25. The van der Waals surface area contributed by atoms with Crippen molar-refractivity contribution in [3.63, 3.8) is 0 Å². The molecular weight excluding hydrogens is 382 g/mol. The Morgan fingerprint density at radius 1 is 1.24 bits per heavy atom. The van der Waals surface area contributed by atoms with Crippen molar-refractivity contribution in [1.82, 2.24) is 9.55 Å². The van der Waals surface area contributed by atoms with Gasteiger partial charge in [-0.3, -0.25) is 9.36 Å². The molecule has 1 aliphatic heterocycles. The minimum Gasteiger partial charge on any atom is -0.496 e. The van der Waals surface area contributed by atoms with E-state index in [0.717, 1.165) is 27.2 Å². The van der Waals surface area contributed by atoms with E-state index in [9.17, 15) is 4.79 Å². The molecule has 0 bridgehead atoms. The number of nitrogens with one attached hydrogen (secondary N) is 1. The number of fused-ring (bicyclic) bond motifs is 1. The summed E-state index contributed by atoms with van der Waals surface area (Å²) in [6.07, 6.45) is 2.10. The third-order valence-corrected chi connectivity index (χ3v) is 4.87. The highest BCUT2D eigenvalue weighted by atomic mass is 79.9. The Labute approximate surface area is 153 Å². The molecule has 1 atom stereocenters. The van der Waals surface area contributed by atoms with Crippen molar-refractivity contribution in [2.75, 3.05) is 12.4 Å². The van der Waals surface area contributed by atoms with Gasteiger partial charge in [-0.25, -0.2) is 4.98 Å². The normalized spacial score (nSPS) is 16.2. The molecular formula is C19H16BrN3O2. The van der Waals surface area contributed by atoms with Gasteiger partial charge in [0.1, 0.15) is 17.9 Å². The monoisotopic (exact) mass is 397 g/mol. The average Bonchev–Trinajstić information content (AvgIpc) is 3.04. The maximum Gasteiger partial charge on any atom is 0.226 e. The van der Waals surface area contributed by atoms with E-state index in [2.05, 4.69) is 26.2 Å². The molecule has 3 aromatic rings. The third kappa shape index (κ3) is 2.82. The van der Waals surface area contributed by atoms with E-state index < -0.39 is 0 Å². The predicted molar refractivity (Wildman–Crippen MR) is 99.3 cm³/mol. The second kappa shape index (κ2) is 6.37. The first kappa shape index (κ1) is 15.9. The highest BCUT2D eigenvalue weighted by Gasteiger charge is 2.32. The Morgan fingerprint density at radius 3 is 2.88 bits per heavy atom. The van der Waals surface area contributed by atoms with Gasteiger partial charge in [-0.15, -0.1) is 0 Å². The van der Waals surface area contributed by atoms with Gasteiger partial charge in [0.05, 0.1) is 12.8 Å². The van der Waals surface area contributed by atoms with Crippen LogP contribution in [0.25, 0.3) is 5.69 Å². The molecule has 6 heteroatoms. The average molecular weight is 398 g/mol. The third-order valence-electron chi connectivity index (χ3n) is 4.37. The first-order chi connectivity index (χ1) is 12.2. The number of nitrogens with zero attached hydrogens (tertiary/aromatic N) is 2. The summed E-state index contributed by atoms with van der Waals surface area (Å²) in [4.78, 5) is 17.0. The van der Waals surface area contributed by atoms with Gasteiger partial charge in [0.15, 0.2) is 0 Å². The van der Waals surface area contributed by atoms with E-state index >= 15 is 0 Å². The number of methoxy groups -OCH3 is 1. The van der Waals surface area contributed by atoms with Gasteiger partial charge in [0.25, 0.3) is 0 Å². The molecule has 0 unspecified atom stereocenters. The summed E-state index contributed by atoms with van der Waals surface area (Å²) in [7, 11) is 1.64. The van der Waals surface area contributed by atoms with Crippen molar-refractivity contribution in [2.45, 2.75) is 12.3 Å². The largest absolute Gasteiger partial charge is 0.496 e. The van der Waals surface area contributed by atoms with Gasteiger partial charge >= 0.3 is 0 Å². The minimum atomic E-state index is -0.131. The number of amides is 1. The minimum absolute atomic E-state index is 0.0276. The number of imidazole rings is 1. The molecule has 5 nitrogen and oxygen atoms in total. The maximum absolute atomic E-state index is 12.4. The molecule has 0 spiro atoms. The molecule has 0 fully saturated rings. The lowest BCUT2D eigenvalue weighted by Gasteiger charge is -2.24. The molecule has 1 N–H and O–H groups in total. The van der Waals surface area contributed by atoms with Gasteiger partial charge in [-0.05, 0) is 24.3 Å². The molecule has 1 aliphatic rings. The van der Waals surface area contributed by atoms with E-state index in [-0.39, 0.29) is 11.8 Å². The van der Waals surface area contributed by atoms with E-state index in [0.29, 0.717) is 12.2 Å². The van der Waals surface area contributed by atoms with Gasteiger partial charge in [-0.1, -0.05) is 40.2 Å². The van der Waals surface area contributed by atoms with E-state index in [1.54, 1.807) is 13.4 Å². The van der Waals surface area contributed by atoms with Crippen LogP contribution in [0.4, 0.5) is 5.82 Å². The number of halogens is 1. The second-order valence-corrected chi connectivity index (χ2v) is 6.79. The summed E-state index contributed by atoms with van der Waals surface area (Å²) in [6.45, 7) is 0. The molecule has 2 heterocycles. The van der Waals surface area contributed by atoms with Crippen LogP contribution in [0.2, 0.25) is 0 Å². The molecule has 4 rings (SSSR count). The van der Waals surface area contributed by atoms with Gasteiger partial charge in [-0.2, -0.15) is 0 Å². The number of ether oxygens (including phenoxy) is 1. The van der Waals surface area contributed by atoms with Crippen molar-refractivity contribution >= 4 is 27.7 Å². The topological polar surface area (TPSA) is 56.1 Å². The fourth-order valence-electron chi connectivity index (χ4n) is 3.24. The Balaban J connectivity index is 1.84. The Bertz CT molecular complexity index is 951. The van der Waals surface area contributed by atoms with Crippen LogP contribution < -0.4 is 10.1 Å². The zero-order valence-corrected chi connectivity index (χ0v) is 15.2. The van der Waals surface area contributed by atoms with Crippen LogP contribution in [0, 0.1) is 0 Å². The summed E-state index contributed by atoms with van der Waals surface area (Å²) in [5, 5.41) is 2.97. The number of benzene rings is 2.